The molecule has 0 spiro atoms. The zero-order chi connectivity index (χ0) is 15.2. The molecule has 0 aliphatic heterocycles. The molecule has 0 aliphatic carbocycles. The second-order valence-corrected chi connectivity index (χ2v) is 11.4. The van der Waals surface area contributed by atoms with Crippen LogP contribution in [0.2, 0.25) is 0 Å². The molecule has 0 saturated carbocycles. The number of hydrogen-bond acceptors (Lipinski definition) is 2. The van der Waals surface area contributed by atoms with E-state index in [0.29, 0.717) is 0 Å². The average molecular weight is 470 g/mol. The summed E-state index contributed by atoms with van der Waals surface area (Å²) in [5.74, 6) is 0. The van der Waals surface area contributed by atoms with E-state index < -0.39 is 0 Å². The molecule has 2 rings (SSSR count). The van der Waals surface area contributed by atoms with Crippen molar-refractivity contribution in [1.82, 2.24) is 9.97 Å². The number of pyridine rings is 2. The van der Waals surface area contributed by atoms with Crippen molar-refractivity contribution < 1.29 is 23.8 Å². The molecular weight excluding hydrogens is 460 g/mol. The van der Waals surface area contributed by atoms with Crippen molar-refractivity contribution in [3.8, 4) is 0 Å². The van der Waals surface area contributed by atoms with Gasteiger partial charge in [-0.05, 0) is 24.3 Å². The van der Waals surface area contributed by atoms with Gasteiger partial charge >= 0.3 is 63.6 Å². The summed E-state index contributed by atoms with van der Waals surface area (Å²) in [5, 5.41) is 0. The number of rotatable bonds is 0. The molecule has 4 nitrogen and oxygen atoms in total. The molecule has 0 bridgehead atoms. The largest absolute Gasteiger partial charge is 0.265 e. The average Bonchev–Trinajstić information content (AvgIpc) is 2.56. The van der Waals surface area contributed by atoms with Crippen molar-refractivity contribution in [3.63, 3.8) is 0 Å². The minimum Gasteiger partial charge on any atom is -0.265 e. The quantitative estimate of drug-likeness (QED) is 0.335. The second kappa shape index (κ2) is 30.5. The van der Waals surface area contributed by atoms with Crippen LogP contribution in [0.1, 0.15) is 0 Å². The maximum Gasteiger partial charge on any atom is 0.0267 e. The van der Waals surface area contributed by atoms with E-state index in [4.69, 9.17) is 9.30 Å². The predicted molar refractivity (Wildman–Crippen MR) is 74.2 cm³/mol. The summed E-state index contributed by atoms with van der Waals surface area (Å²) in [6, 6.07) is 11.4. The third-order valence-electron chi connectivity index (χ3n) is 1.13. The van der Waals surface area contributed by atoms with Crippen LogP contribution in [0.5, 0.6) is 0 Å². The minimum absolute atomic E-state index is 0.0950. The molecular formula is C12H10Br2MoN2O2. The van der Waals surface area contributed by atoms with Crippen LogP contribution in [0, 0.1) is 13.3 Å². The van der Waals surface area contributed by atoms with Crippen molar-refractivity contribution in [2.24, 2.45) is 0 Å². The molecule has 100 valence electrons. The van der Waals surface area contributed by atoms with Crippen molar-refractivity contribution >= 4 is 26.6 Å². The molecule has 0 fully saturated rings. The maximum absolute atomic E-state index is 7.50. The Morgan fingerprint density at radius 1 is 0.632 bits per heavy atom. The molecule has 0 aromatic carbocycles. The van der Waals surface area contributed by atoms with Crippen LogP contribution in [0.3, 0.4) is 0 Å². The van der Waals surface area contributed by atoms with E-state index in [2.05, 4.69) is 49.9 Å². The Kier molecular flexibility index (Phi) is 37.7. The first kappa shape index (κ1) is 23.5. The Morgan fingerprint density at radius 3 is 0.895 bits per heavy atom. The van der Waals surface area contributed by atoms with Gasteiger partial charge in [-0.2, -0.15) is 0 Å². The zero-order valence-corrected chi connectivity index (χ0v) is 14.8. The number of aromatic nitrogens is 2. The first-order valence-electron chi connectivity index (χ1n) is 4.42. The van der Waals surface area contributed by atoms with E-state index in [1.807, 2.05) is 36.4 Å². The van der Waals surface area contributed by atoms with Crippen LogP contribution >= 0.6 is 26.6 Å². The predicted octanol–water partition coefficient (Wildman–Crippen LogP) is 3.78. The molecule has 0 atom stereocenters. The van der Waals surface area contributed by atoms with Crippen LogP contribution in [0.4, 0.5) is 0 Å². The summed E-state index contributed by atoms with van der Waals surface area (Å²) in [6.45, 7) is 9.00. The van der Waals surface area contributed by atoms with Gasteiger partial charge in [0.05, 0.1) is 0 Å². The van der Waals surface area contributed by atoms with Gasteiger partial charge in [0.1, 0.15) is 0 Å². The zero-order valence-electron chi connectivity index (χ0n) is 9.65. The molecule has 2 aromatic heterocycles. The Morgan fingerprint density at radius 2 is 0.842 bits per heavy atom. The number of halogens is 2. The molecule has 0 N–H and O–H groups in total. The third-order valence-corrected chi connectivity index (χ3v) is 1.13. The summed E-state index contributed by atoms with van der Waals surface area (Å²) in [4.78, 5) is 7.57. The SMILES string of the molecule is [Br][Mo][Br].[C-]#[O+].[C-]#[O+].c1ccncc1.c1ccncc1. The van der Waals surface area contributed by atoms with Gasteiger partial charge < -0.3 is 0 Å². The fraction of sp³-hybridized carbons (Fsp3) is 0. The molecule has 19 heavy (non-hydrogen) atoms. The Hall–Kier alpha value is -0.572. The van der Waals surface area contributed by atoms with Gasteiger partial charge in [0.25, 0.3) is 0 Å². The Balaban J connectivity index is -0.000000187. The van der Waals surface area contributed by atoms with Crippen LogP contribution in [-0.4, -0.2) is 9.97 Å². The van der Waals surface area contributed by atoms with Crippen LogP contribution in [0.15, 0.2) is 61.2 Å². The maximum atomic E-state index is 7.50. The first-order chi connectivity index (χ1) is 9.41. The van der Waals surface area contributed by atoms with Crippen molar-refractivity contribution in [1.29, 1.82) is 0 Å². The van der Waals surface area contributed by atoms with Crippen LogP contribution in [0.25, 0.3) is 0 Å². The van der Waals surface area contributed by atoms with Gasteiger partial charge in [-0.25, -0.2) is 0 Å². The van der Waals surface area contributed by atoms with Gasteiger partial charge in [-0.3, -0.25) is 9.97 Å². The molecule has 0 radical (unpaired) electrons. The van der Waals surface area contributed by atoms with E-state index in [-0.39, 0.29) is 14.5 Å². The second-order valence-electron chi connectivity index (χ2n) is 2.11. The van der Waals surface area contributed by atoms with E-state index >= 15 is 0 Å². The van der Waals surface area contributed by atoms with E-state index in [1.165, 1.54) is 0 Å². The molecule has 0 amide bonds. The van der Waals surface area contributed by atoms with Crippen molar-refractivity contribution in [2.75, 3.05) is 0 Å². The van der Waals surface area contributed by atoms with E-state index in [1.54, 1.807) is 24.8 Å². The van der Waals surface area contributed by atoms with Crippen molar-refractivity contribution in [3.05, 3.63) is 74.5 Å². The van der Waals surface area contributed by atoms with Crippen LogP contribution < -0.4 is 0 Å². The van der Waals surface area contributed by atoms with Gasteiger partial charge in [0.2, 0.25) is 0 Å². The Labute approximate surface area is 134 Å². The molecule has 0 aliphatic rings. The number of hydrogen-bond donors (Lipinski definition) is 0. The molecule has 7 heteroatoms. The molecule has 0 unspecified atom stereocenters. The smallest absolute Gasteiger partial charge is 0.0267 e. The van der Waals surface area contributed by atoms with E-state index in [9.17, 15) is 0 Å². The first-order valence-corrected chi connectivity index (χ1v) is 13.6. The van der Waals surface area contributed by atoms with Crippen molar-refractivity contribution in [2.45, 2.75) is 0 Å². The molecule has 0 saturated heterocycles. The van der Waals surface area contributed by atoms with Gasteiger partial charge in [0.15, 0.2) is 0 Å². The summed E-state index contributed by atoms with van der Waals surface area (Å²) in [5.41, 5.74) is 0. The van der Waals surface area contributed by atoms with E-state index in [0.717, 1.165) is 0 Å². The topological polar surface area (TPSA) is 65.6 Å². The summed E-state index contributed by atoms with van der Waals surface area (Å²) >= 11 is 6.48. The minimum atomic E-state index is 0.0950. The monoisotopic (exact) mass is 470 g/mol. The summed E-state index contributed by atoms with van der Waals surface area (Å²) in [6.07, 6.45) is 7.00. The fourth-order valence-corrected chi connectivity index (χ4v) is 0.625. The van der Waals surface area contributed by atoms with Gasteiger partial charge in [-0.15, -0.1) is 0 Å². The summed E-state index contributed by atoms with van der Waals surface area (Å²) in [7, 11) is 0. The Bertz CT molecular complexity index is 284. The normalized spacial score (nSPS) is 6.21. The number of nitrogens with zero attached hydrogens (tertiary/aromatic N) is 2. The third kappa shape index (κ3) is 31.8. The molecule has 2 heterocycles. The summed E-state index contributed by atoms with van der Waals surface area (Å²) < 4.78 is 15.0. The fourth-order valence-electron chi connectivity index (χ4n) is 0.625. The van der Waals surface area contributed by atoms with Gasteiger partial charge in [-0.1, -0.05) is 12.1 Å². The van der Waals surface area contributed by atoms with Crippen LogP contribution in [-0.2, 0) is 23.8 Å². The van der Waals surface area contributed by atoms with Gasteiger partial charge in [0, 0.05) is 24.8 Å². The standard InChI is InChI=1S/2C5H5N.2CO.2BrH.Mo/c2*1-2-4-6-5-3-1;2*1-2;;;/h2*1-5H;;;2*1H;/q;;;;;;+2/p-2. The molecule has 2 aromatic rings.